The fourth-order valence-electron chi connectivity index (χ4n) is 3.95. The van der Waals surface area contributed by atoms with Crippen molar-refractivity contribution in [2.75, 3.05) is 11.1 Å². The predicted octanol–water partition coefficient (Wildman–Crippen LogP) is 3.12. The summed E-state index contributed by atoms with van der Waals surface area (Å²) in [6.45, 7) is 4.99. The van der Waals surface area contributed by atoms with Gasteiger partial charge in [-0.2, -0.15) is 13.2 Å². The number of carboxylic acids is 1. The molecule has 41 heavy (non-hydrogen) atoms. The number of rotatable bonds is 6. The van der Waals surface area contributed by atoms with Gasteiger partial charge in [-0.3, -0.25) is 9.59 Å². The van der Waals surface area contributed by atoms with Crippen molar-refractivity contribution in [3.63, 3.8) is 0 Å². The van der Waals surface area contributed by atoms with Crippen molar-refractivity contribution in [2.45, 2.75) is 56.6 Å². The average molecular weight is 603 g/mol. The number of alkyl halides is 3. The number of hydrogen-bond acceptors (Lipinski definition) is 7. The Hall–Kier alpha value is -4.34. The van der Waals surface area contributed by atoms with Gasteiger partial charge < -0.3 is 26.6 Å². The van der Waals surface area contributed by atoms with E-state index in [1.54, 1.807) is 69.3 Å². The van der Waals surface area contributed by atoms with Gasteiger partial charge in [-0.15, -0.1) is 0 Å². The van der Waals surface area contributed by atoms with E-state index in [9.17, 15) is 41.1 Å². The molecule has 0 bridgehead atoms. The first-order chi connectivity index (χ1) is 18.7. The summed E-state index contributed by atoms with van der Waals surface area (Å²) in [6, 6.07) is 11.9. The Labute approximate surface area is 233 Å². The van der Waals surface area contributed by atoms with Crippen molar-refractivity contribution < 1.29 is 51.0 Å². The SMILES string of the molecule is CC(C)(C)N1C(=O)CC(c2ccc(C[C@H](NC(=O)O)C(=O)Nc3ccccc3N)cc2)S1(=O)=O.O=C(O)C(F)(F)F. The first-order valence-corrected chi connectivity index (χ1v) is 13.4. The zero-order valence-electron chi connectivity index (χ0n) is 22.1. The van der Waals surface area contributed by atoms with Gasteiger partial charge in [0.15, 0.2) is 0 Å². The summed E-state index contributed by atoms with van der Waals surface area (Å²) in [4.78, 5) is 45.3. The molecule has 16 heteroatoms. The number of halogens is 3. The van der Waals surface area contributed by atoms with E-state index >= 15 is 0 Å². The van der Waals surface area contributed by atoms with Crippen LogP contribution < -0.4 is 16.4 Å². The molecule has 1 fully saturated rings. The summed E-state index contributed by atoms with van der Waals surface area (Å²) in [5.41, 5.74) is 6.73. The standard InChI is InChI=1S/C23H28N4O6S.C2HF3O2/c1-23(2,3)27-20(28)13-19(34(27,32)33)15-10-8-14(9-11-15)12-18(26-22(30)31)21(29)25-17-7-5-4-6-16(17)24;3-2(4,5)1(6)7/h4-11,18-19,26H,12-13,24H2,1-3H3,(H,25,29)(H,30,31);(H,6,7)/t18-,19?;/m0./s1. The van der Waals surface area contributed by atoms with Gasteiger partial charge in [0.2, 0.25) is 21.8 Å². The molecule has 1 aliphatic rings. The quantitative estimate of drug-likeness (QED) is 0.309. The second-order valence-electron chi connectivity index (χ2n) is 9.89. The number of aliphatic carboxylic acids is 1. The number of benzene rings is 2. The molecule has 1 aliphatic heterocycles. The number of anilines is 2. The van der Waals surface area contributed by atoms with E-state index in [-0.39, 0.29) is 12.8 Å². The predicted molar refractivity (Wildman–Crippen MR) is 141 cm³/mol. The van der Waals surface area contributed by atoms with Gasteiger partial charge in [0.25, 0.3) is 0 Å². The number of nitrogen functional groups attached to an aromatic ring is 1. The van der Waals surface area contributed by atoms with E-state index in [2.05, 4.69) is 10.6 Å². The summed E-state index contributed by atoms with van der Waals surface area (Å²) < 4.78 is 58.7. The number of amides is 3. The molecule has 0 aromatic heterocycles. The monoisotopic (exact) mass is 602 g/mol. The van der Waals surface area contributed by atoms with Crippen LogP contribution in [0.2, 0.25) is 0 Å². The van der Waals surface area contributed by atoms with Crippen LogP contribution in [-0.2, 0) is 30.8 Å². The van der Waals surface area contributed by atoms with E-state index in [0.29, 0.717) is 22.5 Å². The lowest BCUT2D eigenvalue weighted by atomic mass is 10.0. The van der Waals surface area contributed by atoms with Crippen LogP contribution in [0.25, 0.3) is 0 Å². The third kappa shape index (κ3) is 8.57. The first kappa shape index (κ1) is 32.9. The number of carboxylic acid groups (broad SMARTS) is 2. The van der Waals surface area contributed by atoms with Crippen molar-refractivity contribution in [3.05, 3.63) is 59.7 Å². The maximum absolute atomic E-state index is 13.0. The number of nitrogens with zero attached hydrogens (tertiary/aromatic N) is 1. The minimum atomic E-state index is -5.08. The second-order valence-corrected chi connectivity index (χ2v) is 11.9. The summed E-state index contributed by atoms with van der Waals surface area (Å²) in [5, 5.41) is 20.1. The Bertz CT molecular complexity index is 1410. The number of para-hydroxylation sites is 2. The highest BCUT2D eigenvalue weighted by atomic mass is 32.2. The number of carbonyl (C=O) groups excluding carboxylic acids is 2. The molecule has 12 nitrogen and oxygen atoms in total. The molecule has 1 unspecified atom stereocenters. The van der Waals surface area contributed by atoms with Gasteiger partial charge >= 0.3 is 18.2 Å². The molecule has 3 rings (SSSR count). The molecule has 0 radical (unpaired) electrons. The summed E-state index contributed by atoms with van der Waals surface area (Å²) in [7, 11) is -3.87. The van der Waals surface area contributed by atoms with Gasteiger partial charge in [-0.1, -0.05) is 36.4 Å². The third-order valence-electron chi connectivity index (χ3n) is 5.68. The zero-order chi connectivity index (χ0) is 31.3. The topological polar surface area (TPSA) is 196 Å². The lowest BCUT2D eigenvalue weighted by molar-refractivity contribution is -0.192. The number of nitrogens with two attached hydrogens (primary N) is 1. The van der Waals surface area contributed by atoms with Crippen LogP contribution in [0.4, 0.5) is 29.3 Å². The highest BCUT2D eigenvalue weighted by Gasteiger charge is 2.49. The van der Waals surface area contributed by atoms with Gasteiger partial charge in [-0.25, -0.2) is 22.3 Å². The van der Waals surface area contributed by atoms with Gasteiger partial charge in [0.05, 0.1) is 23.3 Å². The molecule has 0 saturated carbocycles. The Morgan fingerprint density at radius 2 is 1.59 bits per heavy atom. The highest BCUT2D eigenvalue weighted by molar-refractivity contribution is 7.90. The van der Waals surface area contributed by atoms with Crippen LogP contribution >= 0.6 is 0 Å². The van der Waals surface area contributed by atoms with Crippen molar-refractivity contribution in [1.82, 2.24) is 9.62 Å². The van der Waals surface area contributed by atoms with Crippen molar-refractivity contribution in [2.24, 2.45) is 0 Å². The molecule has 2 aromatic carbocycles. The van der Waals surface area contributed by atoms with E-state index in [1.165, 1.54) is 0 Å². The molecule has 0 aliphatic carbocycles. The molecule has 6 N–H and O–H groups in total. The maximum Gasteiger partial charge on any atom is 0.490 e. The molecular weight excluding hydrogens is 573 g/mol. The Kier molecular flexibility index (Phi) is 9.98. The Morgan fingerprint density at radius 1 is 1.05 bits per heavy atom. The fraction of sp³-hybridized carbons (Fsp3) is 0.360. The van der Waals surface area contributed by atoms with Crippen molar-refractivity contribution in [3.8, 4) is 0 Å². The normalized spacial score (nSPS) is 17.2. The molecule has 2 atom stereocenters. The van der Waals surface area contributed by atoms with E-state index in [4.69, 9.17) is 15.6 Å². The third-order valence-corrected chi connectivity index (χ3v) is 8.09. The summed E-state index contributed by atoms with van der Waals surface area (Å²) in [5.74, 6) is -3.80. The zero-order valence-corrected chi connectivity index (χ0v) is 22.9. The lowest BCUT2D eigenvalue weighted by Crippen LogP contribution is -2.45. The van der Waals surface area contributed by atoms with Crippen LogP contribution in [-0.4, -0.2) is 64.6 Å². The van der Waals surface area contributed by atoms with Crippen LogP contribution in [0.5, 0.6) is 0 Å². The second kappa shape index (κ2) is 12.4. The van der Waals surface area contributed by atoms with Gasteiger partial charge in [0.1, 0.15) is 11.3 Å². The molecule has 1 saturated heterocycles. The number of nitrogens with one attached hydrogen (secondary N) is 2. The smallest absolute Gasteiger partial charge is 0.475 e. The molecule has 3 amide bonds. The number of hydrogen-bond donors (Lipinski definition) is 5. The van der Waals surface area contributed by atoms with E-state index < -0.39 is 56.9 Å². The summed E-state index contributed by atoms with van der Waals surface area (Å²) in [6.07, 6.45) is -6.57. The van der Waals surface area contributed by atoms with Crippen LogP contribution in [0.3, 0.4) is 0 Å². The van der Waals surface area contributed by atoms with Crippen molar-refractivity contribution >= 4 is 45.3 Å². The average Bonchev–Trinajstić information content (AvgIpc) is 3.08. The summed E-state index contributed by atoms with van der Waals surface area (Å²) >= 11 is 0. The number of carbonyl (C=O) groups is 4. The minimum Gasteiger partial charge on any atom is -0.475 e. The largest absolute Gasteiger partial charge is 0.490 e. The number of sulfonamides is 1. The van der Waals surface area contributed by atoms with Crippen LogP contribution in [0, 0.1) is 0 Å². The van der Waals surface area contributed by atoms with E-state index in [1.807, 2.05) is 0 Å². The molecule has 0 spiro atoms. The van der Waals surface area contributed by atoms with Gasteiger partial charge in [-0.05, 0) is 44.0 Å². The molecule has 1 heterocycles. The highest BCUT2D eigenvalue weighted by Crippen LogP contribution is 2.40. The Balaban J connectivity index is 0.000000745. The first-order valence-electron chi connectivity index (χ1n) is 11.9. The van der Waals surface area contributed by atoms with Crippen LogP contribution in [0.1, 0.15) is 43.6 Å². The maximum atomic E-state index is 13.0. The van der Waals surface area contributed by atoms with Crippen LogP contribution in [0.15, 0.2) is 48.5 Å². The molecular formula is C25H29F3N4O8S. The van der Waals surface area contributed by atoms with Gasteiger partial charge in [0, 0.05) is 6.42 Å². The van der Waals surface area contributed by atoms with Crippen molar-refractivity contribution in [1.29, 1.82) is 0 Å². The van der Waals surface area contributed by atoms with E-state index in [0.717, 1.165) is 4.31 Å². The molecule has 224 valence electrons. The minimum absolute atomic E-state index is 0.0234. The lowest BCUT2D eigenvalue weighted by Gasteiger charge is -2.30. The fourth-order valence-corrected chi connectivity index (χ4v) is 6.19. The Morgan fingerprint density at radius 3 is 2.02 bits per heavy atom. The molecule has 2 aromatic rings.